The average molecular weight is 294 g/mol. The first kappa shape index (κ1) is 11.2. The highest BCUT2D eigenvalue weighted by molar-refractivity contribution is 9.10. The van der Waals surface area contributed by atoms with Gasteiger partial charge in [0, 0.05) is 11.0 Å². The van der Waals surface area contributed by atoms with Crippen LogP contribution >= 0.6 is 15.9 Å². The molecule has 4 heteroatoms. The fourth-order valence-corrected chi connectivity index (χ4v) is 2.93. The Labute approximate surface area is 109 Å². The molecular formula is C13H16BrN3. The van der Waals surface area contributed by atoms with Crippen molar-refractivity contribution in [1.29, 1.82) is 0 Å². The second-order valence-corrected chi connectivity index (χ2v) is 5.74. The fourth-order valence-electron chi connectivity index (χ4n) is 2.58. The molecule has 0 atom stereocenters. The zero-order chi connectivity index (χ0) is 12.0. The Balaban J connectivity index is 2.24. The lowest BCUT2D eigenvalue weighted by atomic mass is 9.77. The highest BCUT2D eigenvalue weighted by Gasteiger charge is 2.38. The number of halogens is 1. The van der Waals surface area contributed by atoms with Gasteiger partial charge in [-0.25, -0.2) is 4.98 Å². The molecule has 1 aliphatic carbocycles. The van der Waals surface area contributed by atoms with E-state index in [0.29, 0.717) is 0 Å². The van der Waals surface area contributed by atoms with Crippen LogP contribution in [0.3, 0.4) is 0 Å². The van der Waals surface area contributed by atoms with Crippen molar-refractivity contribution in [2.24, 2.45) is 5.73 Å². The minimum Gasteiger partial charge on any atom is -0.327 e. The Kier molecular flexibility index (Phi) is 2.52. The number of nitrogens with zero attached hydrogens (tertiary/aromatic N) is 2. The molecule has 1 aliphatic rings. The van der Waals surface area contributed by atoms with Crippen molar-refractivity contribution in [3.8, 4) is 0 Å². The first-order chi connectivity index (χ1) is 8.14. The number of hydrogen-bond acceptors (Lipinski definition) is 2. The fraction of sp³-hybridized carbons (Fsp3) is 0.462. The van der Waals surface area contributed by atoms with E-state index in [4.69, 9.17) is 10.7 Å². The van der Waals surface area contributed by atoms with E-state index in [1.807, 2.05) is 0 Å². The first-order valence-corrected chi connectivity index (χ1v) is 6.88. The number of imidazole rings is 1. The van der Waals surface area contributed by atoms with Gasteiger partial charge in [0.05, 0.1) is 16.6 Å². The van der Waals surface area contributed by atoms with Gasteiger partial charge in [0.25, 0.3) is 0 Å². The highest BCUT2D eigenvalue weighted by atomic mass is 79.9. The van der Waals surface area contributed by atoms with Gasteiger partial charge in [-0.3, -0.25) is 0 Å². The van der Waals surface area contributed by atoms with Crippen molar-refractivity contribution in [3.05, 3.63) is 28.5 Å². The normalized spacial score (nSPS) is 18.3. The maximum atomic E-state index is 6.41. The van der Waals surface area contributed by atoms with Crippen LogP contribution in [0.5, 0.6) is 0 Å². The Morgan fingerprint density at radius 3 is 2.82 bits per heavy atom. The van der Waals surface area contributed by atoms with E-state index in [2.05, 4.69) is 45.6 Å². The summed E-state index contributed by atoms with van der Waals surface area (Å²) in [6.45, 7) is 3.07. The van der Waals surface area contributed by atoms with E-state index < -0.39 is 0 Å². The van der Waals surface area contributed by atoms with Gasteiger partial charge in [-0.05, 0) is 44.4 Å². The largest absolute Gasteiger partial charge is 0.327 e. The lowest BCUT2D eigenvalue weighted by Gasteiger charge is -2.37. The lowest BCUT2D eigenvalue weighted by molar-refractivity contribution is 0.232. The van der Waals surface area contributed by atoms with Crippen LogP contribution in [0, 0.1) is 0 Å². The van der Waals surface area contributed by atoms with Crippen LogP contribution in [0.4, 0.5) is 0 Å². The smallest absolute Gasteiger partial charge is 0.130 e. The molecule has 2 aromatic rings. The van der Waals surface area contributed by atoms with Crippen LogP contribution in [-0.2, 0) is 12.1 Å². The Morgan fingerprint density at radius 2 is 2.24 bits per heavy atom. The van der Waals surface area contributed by atoms with Crippen LogP contribution < -0.4 is 5.73 Å². The number of benzene rings is 1. The van der Waals surface area contributed by atoms with Gasteiger partial charge in [0.1, 0.15) is 5.82 Å². The van der Waals surface area contributed by atoms with Crippen molar-refractivity contribution >= 4 is 27.0 Å². The van der Waals surface area contributed by atoms with Crippen molar-refractivity contribution in [3.63, 3.8) is 0 Å². The molecule has 1 aromatic heterocycles. The van der Waals surface area contributed by atoms with Crippen molar-refractivity contribution in [1.82, 2.24) is 9.55 Å². The van der Waals surface area contributed by atoms with Crippen LogP contribution in [0.15, 0.2) is 22.7 Å². The molecule has 0 amide bonds. The quantitative estimate of drug-likeness (QED) is 0.924. The van der Waals surface area contributed by atoms with E-state index >= 15 is 0 Å². The van der Waals surface area contributed by atoms with Crippen LogP contribution in [0.25, 0.3) is 11.0 Å². The Hall–Kier alpha value is -0.870. The number of aryl methyl sites for hydroxylation is 1. The molecule has 0 radical (unpaired) electrons. The molecule has 0 spiro atoms. The molecular weight excluding hydrogens is 278 g/mol. The standard InChI is InChI=1S/C13H16BrN3/c1-2-17-11-5-4-9(14)8-10(11)16-12(17)13(15)6-3-7-13/h4-5,8H,2-3,6-7,15H2,1H3. The zero-order valence-corrected chi connectivity index (χ0v) is 11.5. The lowest BCUT2D eigenvalue weighted by Crippen LogP contribution is -2.45. The van der Waals surface area contributed by atoms with E-state index in [1.54, 1.807) is 0 Å². The predicted molar refractivity (Wildman–Crippen MR) is 72.8 cm³/mol. The summed E-state index contributed by atoms with van der Waals surface area (Å²) in [5.74, 6) is 1.05. The van der Waals surface area contributed by atoms with E-state index in [1.165, 1.54) is 11.9 Å². The molecule has 0 unspecified atom stereocenters. The van der Waals surface area contributed by atoms with Gasteiger partial charge in [-0.15, -0.1) is 0 Å². The zero-order valence-electron chi connectivity index (χ0n) is 9.91. The summed E-state index contributed by atoms with van der Waals surface area (Å²) in [5, 5.41) is 0. The molecule has 0 bridgehead atoms. The maximum absolute atomic E-state index is 6.41. The number of fused-ring (bicyclic) bond motifs is 1. The van der Waals surface area contributed by atoms with Gasteiger partial charge in [-0.1, -0.05) is 15.9 Å². The second kappa shape index (κ2) is 3.82. The summed E-state index contributed by atoms with van der Waals surface area (Å²) >= 11 is 3.49. The molecule has 2 N–H and O–H groups in total. The summed E-state index contributed by atoms with van der Waals surface area (Å²) < 4.78 is 3.32. The summed E-state index contributed by atoms with van der Waals surface area (Å²) in [5.41, 5.74) is 8.43. The third kappa shape index (κ3) is 1.62. The molecule has 3 rings (SSSR count). The van der Waals surface area contributed by atoms with Gasteiger partial charge in [-0.2, -0.15) is 0 Å². The molecule has 3 nitrogen and oxygen atoms in total. The number of rotatable bonds is 2. The number of aromatic nitrogens is 2. The average Bonchev–Trinajstić information content (AvgIpc) is 2.63. The molecule has 0 saturated heterocycles. The van der Waals surface area contributed by atoms with E-state index in [9.17, 15) is 0 Å². The van der Waals surface area contributed by atoms with Crippen LogP contribution in [0.1, 0.15) is 32.0 Å². The Bertz CT molecular complexity index is 569. The van der Waals surface area contributed by atoms with Gasteiger partial charge in [0.2, 0.25) is 0 Å². The molecule has 1 heterocycles. The van der Waals surface area contributed by atoms with Gasteiger partial charge < -0.3 is 10.3 Å². The van der Waals surface area contributed by atoms with Crippen molar-refractivity contribution in [2.45, 2.75) is 38.3 Å². The molecule has 90 valence electrons. The monoisotopic (exact) mass is 293 g/mol. The highest BCUT2D eigenvalue weighted by Crippen LogP contribution is 2.39. The summed E-state index contributed by atoms with van der Waals surface area (Å²) in [7, 11) is 0. The summed E-state index contributed by atoms with van der Waals surface area (Å²) in [6, 6.07) is 6.23. The molecule has 17 heavy (non-hydrogen) atoms. The maximum Gasteiger partial charge on any atom is 0.130 e. The molecule has 1 fully saturated rings. The van der Waals surface area contributed by atoms with E-state index in [0.717, 1.165) is 35.2 Å². The van der Waals surface area contributed by atoms with Crippen molar-refractivity contribution in [2.75, 3.05) is 0 Å². The second-order valence-electron chi connectivity index (χ2n) is 4.82. The van der Waals surface area contributed by atoms with E-state index in [-0.39, 0.29) is 5.54 Å². The summed E-state index contributed by atoms with van der Waals surface area (Å²) in [4.78, 5) is 4.75. The van der Waals surface area contributed by atoms with Crippen LogP contribution in [-0.4, -0.2) is 9.55 Å². The minimum atomic E-state index is -0.193. The third-order valence-electron chi connectivity index (χ3n) is 3.72. The number of hydrogen-bond donors (Lipinski definition) is 1. The predicted octanol–water partition coefficient (Wildman–Crippen LogP) is 3.16. The van der Waals surface area contributed by atoms with Crippen LogP contribution in [0.2, 0.25) is 0 Å². The molecule has 1 saturated carbocycles. The van der Waals surface area contributed by atoms with Gasteiger partial charge in [0.15, 0.2) is 0 Å². The number of nitrogens with two attached hydrogens (primary N) is 1. The van der Waals surface area contributed by atoms with Gasteiger partial charge >= 0.3 is 0 Å². The molecule has 0 aliphatic heterocycles. The third-order valence-corrected chi connectivity index (χ3v) is 4.21. The minimum absolute atomic E-state index is 0.193. The topological polar surface area (TPSA) is 43.8 Å². The summed E-state index contributed by atoms with van der Waals surface area (Å²) in [6.07, 6.45) is 3.32. The Morgan fingerprint density at radius 1 is 1.47 bits per heavy atom. The van der Waals surface area contributed by atoms with Crippen molar-refractivity contribution < 1.29 is 0 Å². The SMILES string of the molecule is CCn1c(C2(N)CCC2)nc2cc(Br)ccc21. The molecule has 1 aromatic carbocycles. The first-order valence-electron chi connectivity index (χ1n) is 6.09.